The standard InChI is InChI=1S/C43H84N8O6.2ClH/c1-5-7-25-48(27-13-17-38(52)15-9-11-19-42(56)46-23-31-50(29-21-44-3)33-40(54)34-50)37-49(26-8-6-2)28-14-18-39(53)16-10-12-20-43(57)47-24-32-51(30-22-45-4)35-41(55)36-51;;/h40-41,44-45,54-55H,5-37H2,1-4H3;2*1H. The molecule has 2 saturated heterocycles. The van der Waals surface area contributed by atoms with E-state index < -0.39 is 0 Å². The summed E-state index contributed by atoms with van der Waals surface area (Å²) in [5.74, 6) is 0.641. The molecular formula is C43H86Cl2N8O6. The number of aliphatic hydroxyl groups is 2. The lowest BCUT2D eigenvalue weighted by Crippen LogP contribution is -3.00. The Kier molecular flexibility index (Phi) is 33.2. The van der Waals surface area contributed by atoms with Gasteiger partial charge in [0.2, 0.25) is 11.8 Å². The quantitative estimate of drug-likeness (QED) is 0.0205. The fraction of sp³-hybridized carbons (Fsp3) is 0.907. The number of hydrogen-bond acceptors (Lipinski definition) is 10. The van der Waals surface area contributed by atoms with Crippen molar-refractivity contribution in [2.24, 2.45) is 0 Å². The number of Topliss-reactive ketones (excluding diaryl/α,β-unsaturated/α-hetero) is 2. The van der Waals surface area contributed by atoms with Crippen LogP contribution in [0.4, 0.5) is 0 Å². The van der Waals surface area contributed by atoms with Crippen LogP contribution in [-0.4, -0.2) is 190 Å². The molecule has 0 saturated carbocycles. The molecule has 2 rings (SSSR count). The van der Waals surface area contributed by atoms with Gasteiger partial charge in [-0.15, -0.1) is 0 Å². The van der Waals surface area contributed by atoms with Crippen molar-refractivity contribution >= 4 is 23.4 Å². The van der Waals surface area contributed by atoms with Gasteiger partial charge in [0.05, 0.1) is 45.9 Å². The van der Waals surface area contributed by atoms with E-state index in [0.717, 1.165) is 171 Å². The number of ketones is 2. The molecule has 2 aliphatic heterocycles. The van der Waals surface area contributed by atoms with E-state index in [1.54, 1.807) is 0 Å². The van der Waals surface area contributed by atoms with E-state index in [2.05, 4.69) is 44.9 Å². The highest BCUT2D eigenvalue weighted by Crippen LogP contribution is 2.20. The van der Waals surface area contributed by atoms with Gasteiger partial charge in [-0.05, 0) is 91.6 Å². The maximum atomic E-state index is 12.7. The van der Waals surface area contributed by atoms with Crippen molar-refractivity contribution in [1.82, 2.24) is 31.1 Å². The van der Waals surface area contributed by atoms with E-state index in [1.807, 2.05) is 14.1 Å². The Morgan fingerprint density at radius 2 is 0.831 bits per heavy atom. The predicted octanol–water partition coefficient (Wildman–Crippen LogP) is -3.97. The Morgan fingerprint density at radius 3 is 1.17 bits per heavy atom. The third-order valence-electron chi connectivity index (χ3n) is 12.0. The Labute approximate surface area is 370 Å². The first-order valence-corrected chi connectivity index (χ1v) is 22.8. The molecule has 2 heterocycles. The molecule has 59 heavy (non-hydrogen) atoms. The number of quaternary nitrogens is 2. The van der Waals surface area contributed by atoms with Gasteiger partial charge in [0.1, 0.15) is 37.7 Å². The van der Waals surface area contributed by atoms with Crippen LogP contribution in [0.2, 0.25) is 0 Å². The van der Waals surface area contributed by atoms with Gasteiger partial charge in [0.15, 0.2) is 12.2 Å². The van der Waals surface area contributed by atoms with E-state index in [4.69, 9.17) is 0 Å². The summed E-state index contributed by atoms with van der Waals surface area (Å²) < 4.78 is 1.70. The average molecular weight is 882 g/mol. The van der Waals surface area contributed by atoms with Crippen LogP contribution < -0.4 is 46.1 Å². The summed E-state index contributed by atoms with van der Waals surface area (Å²) in [4.78, 5) is 55.2. The number of likely N-dealkylation sites (tertiary alicyclic amines) is 2. The molecule has 0 aromatic heterocycles. The second-order valence-corrected chi connectivity index (χ2v) is 17.3. The first kappa shape index (κ1) is 57.5. The Bertz CT molecular complexity index is 1050. The number of nitrogens with one attached hydrogen (secondary N) is 4. The van der Waals surface area contributed by atoms with Crippen molar-refractivity contribution in [3.63, 3.8) is 0 Å². The minimum absolute atomic E-state index is 0. The summed E-state index contributed by atoms with van der Waals surface area (Å²) in [5.41, 5.74) is 0. The van der Waals surface area contributed by atoms with Crippen LogP contribution in [0.25, 0.3) is 0 Å². The number of halogens is 2. The largest absolute Gasteiger partial charge is 1.00 e. The number of likely N-dealkylation sites (N-methyl/N-ethyl adjacent to an activating group) is 2. The molecule has 16 heteroatoms. The van der Waals surface area contributed by atoms with Gasteiger partial charge < -0.3 is 65.3 Å². The summed E-state index contributed by atoms with van der Waals surface area (Å²) in [6.45, 7) is 18.7. The van der Waals surface area contributed by atoms with Gasteiger partial charge in [0.25, 0.3) is 0 Å². The van der Waals surface area contributed by atoms with Gasteiger partial charge in [0, 0.05) is 51.6 Å². The second-order valence-electron chi connectivity index (χ2n) is 17.3. The zero-order valence-corrected chi connectivity index (χ0v) is 39.1. The van der Waals surface area contributed by atoms with Gasteiger partial charge in [-0.3, -0.25) is 29.0 Å². The Hall–Kier alpha value is -1.46. The molecule has 2 aliphatic rings. The van der Waals surface area contributed by atoms with Crippen LogP contribution in [0.1, 0.15) is 117 Å². The minimum atomic E-state index is -0.230. The molecule has 0 atom stereocenters. The number of carbonyl (C=O) groups is 4. The zero-order chi connectivity index (χ0) is 41.8. The normalized spacial score (nSPS) is 20.9. The maximum absolute atomic E-state index is 12.7. The Balaban J connectivity index is 0.0000168. The van der Waals surface area contributed by atoms with Crippen LogP contribution >= 0.6 is 0 Å². The molecule has 0 spiro atoms. The number of hydrogen-bond donors (Lipinski definition) is 6. The van der Waals surface area contributed by atoms with Crippen LogP contribution in [0.5, 0.6) is 0 Å². The van der Waals surface area contributed by atoms with E-state index in [1.165, 1.54) is 0 Å². The number of carbonyl (C=O) groups excluding carboxylic acids is 4. The molecule has 0 aromatic carbocycles. The molecule has 0 unspecified atom stereocenters. The molecule has 348 valence electrons. The van der Waals surface area contributed by atoms with Crippen molar-refractivity contribution in [2.45, 2.75) is 129 Å². The number of nitrogens with zero attached hydrogens (tertiary/aromatic N) is 4. The van der Waals surface area contributed by atoms with Crippen molar-refractivity contribution in [2.75, 3.05) is 125 Å². The van der Waals surface area contributed by atoms with Crippen LogP contribution in [0.15, 0.2) is 0 Å². The predicted molar refractivity (Wildman–Crippen MR) is 229 cm³/mol. The molecule has 0 aliphatic carbocycles. The third kappa shape index (κ3) is 25.9. The summed E-state index contributed by atoms with van der Waals surface area (Å²) in [6, 6.07) is 0. The first-order chi connectivity index (χ1) is 27.5. The Morgan fingerprint density at radius 1 is 0.508 bits per heavy atom. The number of unbranched alkanes of at least 4 members (excludes halogenated alkanes) is 4. The van der Waals surface area contributed by atoms with Crippen LogP contribution in [-0.2, 0) is 19.2 Å². The highest BCUT2D eigenvalue weighted by molar-refractivity contribution is 5.79. The molecule has 0 radical (unpaired) electrons. The SMILES string of the molecule is CCCCN(CCCC(=O)CCCCC(=O)NCC[N+]1(CCNC)CC(O)C1)CN(CCCC)CCCC(=O)CCCCC(=O)NCC[N+]1(CCNC)CC(O)C1.[Cl-].[Cl-]. The lowest BCUT2D eigenvalue weighted by atomic mass is 10.1. The van der Waals surface area contributed by atoms with Crippen molar-refractivity contribution in [3.8, 4) is 0 Å². The molecule has 6 N–H and O–H groups in total. The smallest absolute Gasteiger partial charge is 0.220 e. The van der Waals surface area contributed by atoms with Gasteiger partial charge in [-0.25, -0.2) is 0 Å². The molecular weight excluding hydrogens is 795 g/mol. The maximum Gasteiger partial charge on any atom is 0.220 e. The van der Waals surface area contributed by atoms with Crippen LogP contribution in [0, 0.1) is 0 Å². The molecule has 14 nitrogen and oxygen atoms in total. The van der Waals surface area contributed by atoms with E-state index in [0.29, 0.717) is 51.6 Å². The highest BCUT2D eigenvalue weighted by Gasteiger charge is 2.43. The van der Waals surface area contributed by atoms with E-state index in [-0.39, 0.29) is 60.4 Å². The average Bonchev–Trinajstić information content (AvgIpc) is 3.16. The fourth-order valence-electron chi connectivity index (χ4n) is 8.39. The summed E-state index contributed by atoms with van der Waals surface area (Å²) in [5, 5.41) is 32.0. The molecule has 2 amide bonds. The third-order valence-corrected chi connectivity index (χ3v) is 12.0. The van der Waals surface area contributed by atoms with Gasteiger partial charge >= 0.3 is 0 Å². The highest BCUT2D eigenvalue weighted by atomic mass is 35.5. The number of rotatable bonds is 38. The zero-order valence-electron chi connectivity index (χ0n) is 37.6. The van der Waals surface area contributed by atoms with E-state index >= 15 is 0 Å². The summed E-state index contributed by atoms with van der Waals surface area (Å²) >= 11 is 0. The first-order valence-electron chi connectivity index (χ1n) is 22.8. The van der Waals surface area contributed by atoms with E-state index in [9.17, 15) is 29.4 Å². The lowest BCUT2D eigenvalue weighted by Gasteiger charge is -2.48. The van der Waals surface area contributed by atoms with Crippen LogP contribution in [0.3, 0.4) is 0 Å². The van der Waals surface area contributed by atoms with Crippen molar-refractivity contribution in [1.29, 1.82) is 0 Å². The summed E-state index contributed by atoms with van der Waals surface area (Å²) in [7, 11) is 3.87. The van der Waals surface area contributed by atoms with Gasteiger partial charge in [-0.1, -0.05) is 26.7 Å². The van der Waals surface area contributed by atoms with Gasteiger partial charge in [-0.2, -0.15) is 0 Å². The second kappa shape index (κ2) is 34.1. The number of amides is 2. The molecule has 2 fully saturated rings. The minimum Gasteiger partial charge on any atom is -1.00 e. The molecule has 0 aromatic rings. The fourth-order valence-corrected chi connectivity index (χ4v) is 8.39. The molecule has 0 bridgehead atoms. The lowest BCUT2D eigenvalue weighted by molar-refractivity contribution is -0.970. The summed E-state index contributed by atoms with van der Waals surface area (Å²) in [6.07, 6.45) is 11.7. The van der Waals surface area contributed by atoms with Crippen molar-refractivity contribution in [3.05, 3.63) is 0 Å². The van der Waals surface area contributed by atoms with Crippen molar-refractivity contribution < 1.29 is 63.2 Å². The topological polar surface area (TPSA) is 163 Å². The number of aliphatic hydroxyl groups excluding tert-OH is 2. The monoisotopic (exact) mass is 881 g/mol.